The van der Waals surface area contributed by atoms with E-state index in [0.717, 1.165) is 6.20 Å². The summed E-state index contributed by atoms with van der Waals surface area (Å²) in [5, 5.41) is 23.3. The standard InChI is InChI=1S/C15H18FN5O3/c16-10-1-2-11(18-3-10)5-21-6-13(22)15(24,8-21)7-19-14(23)12-4-17-9-20-12/h1-4,9,13,22,24H,5-8H2,(H,17,20)(H,19,23)/t13-,15+/m1/s1. The number of likely N-dealkylation sites (tertiary alicyclic amines) is 1. The molecule has 1 aliphatic rings. The van der Waals surface area contributed by atoms with Gasteiger partial charge in [-0.3, -0.25) is 14.7 Å². The number of carbonyl (C=O) groups is 1. The number of aliphatic hydroxyl groups is 2. The van der Waals surface area contributed by atoms with Crippen molar-refractivity contribution in [1.29, 1.82) is 0 Å². The number of carbonyl (C=O) groups excluding carboxylic acids is 1. The summed E-state index contributed by atoms with van der Waals surface area (Å²) in [6.45, 7) is 0.666. The van der Waals surface area contributed by atoms with E-state index in [2.05, 4.69) is 20.3 Å². The quantitative estimate of drug-likeness (QED) is 0.573. The minimum atomic E-state index is -1.46. The second-order valence-corrected chi connectivity index (χ2v) is 5.90. The number of nitrogens with one attached hydrogen (secondary N) is 2. The van der Waals surface area contributed by atoms with Gasteiger partial charge in [-0.2, -0.15) is 0 Å². The van der Waals surface area contributed by atoms with E-state index < -0.39 is 23.4 Å². The summed E-state index contributed by atoms with van der Waals surface area (Å²) < 4.78 is 12.9. The number of halogens is 1. The molecule has 128 valence electrons. The summed E-state index contributed by atoms with van der Waals surface area (Å²) in [7, 11) is 0. The number of rotatable bonds is 5. The van der Waals surface area contributed by atoms with Crippen molar-refractivity contribution in [2.24, 2.45) is 0 Å². The molecule has 1 saturated heterocycles. The molecule has 9 heteroatoms. The van der Waals surface area contributed by atoms with Crippen molar-refractivity contribution in [2.45, 2.75) is 18.2 Å². The van der Waals surface area contributed by atoms with E-state index in [1.165, 1.54) is 18.6 Å². The normalized spacial score (nSPS) is 24.2. The lowest BCUT2D eigenvalue weighted by atomic mass is 10.0. The molecular weight excluding hydrogens is 317 g/mol. The topological polar surface area (TPSA) is 114 Å². The molecule has 1 amide bonds. The molecule has 0 radical (unpaired) electrons. The first kappa shape index (κ1) is 16.5. The van der Waals surface area contributed by atoms with E-state index in [0.29, 0.717) is 12.2 Å². The zero-order valence-corrected chi connectivity index (χ0v) is 12.8. The Morgan fingerprint density at radius 2 is 2.33 bits per heavy atom. The van der Waals surface area contributed by atoms with Crippen LogP contribution in [0.3, 0.4) is 0 Å². The monoisotopic (exact) mass is 335 g/mol. The molecule has 3 heterocycles. The third-order valence-electron chi connectivity index (χ3n) is 4.02. The second-order valence-electron chi connectivity index (χ2n) is 5.90. The number of aliphatic hydroxyl groups excluding tert-OH is 1. The van der Waals surface area contributed by atoms with Gasteiger partial charge in [-0.15, -0.1) is 0 Å². The number of H-pyrrole nitrogens is 1. The van der Waals surface area contributed by atoms with Crippen molar-refractivity contribution in [3.05, 3.63) is 48.1 Å². The lowest BCUT2D eigenvalue weighted by Gasteiger charge is -2.26. The van der Waals surface area contributed by atoms with Crippen LogP contribution in [0, 0.1) is 5.82 Å². The predicted octanol–water partition coefficient (Wildman–Crippen LogP) is -0.719. The summed E-state index contributed by atoms with van der Waals surface area (Å²) in [4.78, 5) is 24.1. The van der Waals surface area contributed by atoms with Crippen LogP contribution in [0.4, 0.5) is 4.39 Å². The molecule has 0 aliphatic carbocycles. The highest BCUT2D eigenvalue weighted by Crippen LogP contribution is 2.23. The van der Waals surface area contributed by atoms with Gasteiger partial charge in [-0.25, -0.2) is 9.37 Å². The van der Waals surface area contributed by atoms with Gasteiger partial charge in [0.1, 0.15) is 17.1 Å². The SMILES string of the molecule is O=C(NC[C@]1(O)CN(Cc2ccc(F)cn2)C[C@H]1O)c1cnc[nH]1. The Kier molecular flexibility index (Phi) is 4.56. The van der Waals surface area contributed by atoms with Crippen LogP contribution in [0.2, 0.25) is 0 Å². The molecule has 24 heavy (non-hydrogen) atoms. The van der Waals surface area contributed by atoms with Crippen molar-refractivity contribution in [1.82, 2.24) is 25.2 Å². The van der Waals surface area contributed by atoms with Gasteiger partial charge in [0.25, 0.3) is 5.91 Å². The molecule has 1 aliphatic heterocycles. The van der Waals surface area contributed by atoms with Gasteiger partial charge in [-0.05, 0) is 12.1 Å². The average molecular weight is 335 g/mol. The van der Waals surface area contributed by atoms with Gasteiger partial charge < -0.3 is 20.5 Å². The smallest absolute Gasteiger partial charge is 0.269 e. The highest BCUT2D eigenvalue weighted by Gasteiger charge is 2.44. The number of hydrogen-bond donors (Lipinski definition) is 4. The molecule has 2 atom stereocenters. The lowest BCUT2D eigenvalue weighted by Crippen LogP contribution is -2.51. The molecule has 2 aromatic rings. The first-order chi connectivity index (χ1) is 11.5. The fourth-order valence-electron chi connectivity index (χ4n) is 2.70. The van der Waals surface area contributed by atoms with Crippen LogP contribution in [-0.4, -0.2) is 67.3 Å². The molecule has 8 nitrogen and oxygen atoms in total. The molecule has 1 fully saturated rings. The maximum atomic E-state index is 12.9. The minimum Gasteiger partial charge on any atom is -0.389 e. The average Bonchev–Trinajstić information content (AvgIpc) is 3.17. The Bertz CT molecular complexity index is 694. The van der Waals surface area contributed by atoms with Crippen molar-refractivity contribution in [2.75, 3.05) is 19.6 Å². The van der Waals surface area contributed by atoms with Crippen LogP contribution >= 0.6 is 0 Å². The fourth-order valence-corrected chi connectivity index (χ4v) is 2.70. The lowest BCUT2D eigenvalue weighted by molar-refractivity contribution is -0.0377. The van der Waals surface area contributed by atoms with Crippen molar-refractivity contribution >= 4 is 5.91 Å². The van der Waals surface area contributed by atoms with Crippen LogP contribution in [-0.2, 0) is 6.54 Å². The van der Waals surface area contributed by atoms with E-state index in [-0.39, 0.29) is 25.3 Å². The Balaban J connectivity index is 1.57. The van der Waals surface area contributed by atoms with Crippen LogP contribution in [0.1, 0.15) is 16.2 Å². The van der Waals surface area contributed by atoms with E-state index in [1.807, 2.05) is 0 Å². The Morgan fingerprint density at radius 1 is 1.50 bits per heavy atom. The van der Waals surface area contributed by atoms with Gasteiger partial charge in [0.15, 0.2) is 0 Å². The summed E-state index contributed by atoms with van der Waals surface area (Å²) in [5.41, 5.74) is -0.553. The Hall–Kier alpha value is -2.36. The predicted molar refractivity (Wildman–Crippen MR) is 81.3 cm³/mol. The molecule has 4 N–H and O–H groups in total. The molecular formula is C15H18FN5O3. The third kappa shape index (κ3) is 3.58. The Labute approximate surface area is 137 Å². The van der Waals surface area contributed by atoms with Gasteiger partial charge in [0.2, 0.25) is 0 Å². The molecule has 2 aromatic heterocycles. The van der Waals surface area contributed by atoms with E-state index in [9.17, 15) is 19.4 Å². The summed E-state index contributed by atoms with van der Waals surface area (Å²) in [5.74, 6) is -0.829. The number of aromatic amines is 1. The molecule has 0 unspecified atom stereocenters. The van der Waals surface area contributed by atoms with Gasteiger partial charge in [-0.1, -0.05) is 0 Å². The minimum absolute atomic E-state index is 0.0979. The van der Waals surface area contributed by atoms with Crippen molar-refractivity contribution in [3.8, 4) is 0 Å². The zero-order chi connectivity index (χ0) is 17.2. The Morgan fingerprint density at radius 3 is 3.00 bits per heavy atom. The van der Waals surface area contributed by atoms with Gasteiger partial charge in [0, 0.05) is 19.6 Å². The fraction of sp³-hybridized carbons (Fsp3) is 0.400. The number of pyridine rings is 1. The van der Waals surface area contributed by atoms with Crippen LogP contribution in [0.25, 0.3) is 0 Å². The van der Waals surface area contributed by atoms with Crippen LogP contribution in [0.15, 0.2) is 30.9 Å². The largest absolute Gasteiger partial charge is 0.389 e. The van der Waals surface area contributed by atoms with Crippen molar-refractivity contribution < 1.29 is 19.4 Å². The number of imidazole rings is 1. The molecule has 0 spiro atoms. The third-order valence-corrected chi connectivity index (χ3v) is 4.02. The summed E-state index contributed by atoms with van der Waals surface area (Å²) >= 11 is 0. The van der Waals surface area contributed by atoms with Gasteiger partial charge >= 0.3 is 0 Å². The first-order valence-electron chi connectivity index (χ1n) is 7.46. The van der Waals surface area contributed by atoms with Crippen molar-refractivity contribution in [3.63, 3.8) is 0 Å². The number of nitrogens with zero attached hydrogens (tertiary/aromatic N) is 3. The second kappa shape index (κ2) is 6.63. The maximum Gasteiger partial charge on any atom is 0.269 e. The van der Waals surface area contributed by atoms with Crippen LogP contribution < -0.4 is 5.32 Å². The molecule has 0 bridgehead atoms. The molecule has 0 aromatic carbocycles. The number of hydrogen-bond acceptors (Lipinski definition) is 6. The van der Waals surface area contributed by atoms with E-state index in [4.69, 9.17) is 0 Å². The van der Waals surface area contributed by atoms with Crippen LogP contribution in [0.5, 0.6) is 0 Å². The number of amides is 1. The maximum absolute atomic E-state index is 12.9. The first-order valence-corrected chi connectivity index (χ1v) is 7.46. The summed E-state index contributed by atoms with van der Waals surface area (Å²) in [6, 6.07) is 2.87. The highest BCUT2D eigenvalue weighted by atomic mass is 19.1. The number of aromatic nitrogens is 3. The van der Waals surface area contributed by atoms with E-state index in [1.54, 1.807) is 11.0 Å². The van der Waals surface area contributed by atoms with Gasteiger partial charge in [0.05, 0.1) is 37.1 Å². The highest BCUT2D eigenvalue weighted by molar-refractivity contribution is 5.91. The molecule has 0 saturated carbocycles. The zero-order valence-electron chi connectivity index (χ0n) is 12.8. The molecule has 3 rings (SSSR count). The van der Waals surface area contributed by atoms with E-state index >= 15 is 0 Å². The summed E-state index contributed by atoms with van der Waals surface area (Å²) in [6.07, 6.45) is 2.86. The number of β-amino-alcohol motifs (C(OH)–C–C–N with tert-alkyl or cyclic N) is 2.